The summed E-state index contributed by atoms with van der Waals surface area (Å²) in [6, 6.07) is 34.0. The first-order valence-corrected chi connectivity index (χ1v) is 11.1. The van der Waals surface area contributed by atoms with Crippen LogP contribution < -0.4 is 15.4 Å². The van der Waals surface area contributed by atoms with Gasteiger partial charge in [0.05, 0.1) is 6.42 Å². The highest BCUT2D eigenvalue weighted by Crippen LogP contribution is 2.22. The highest BCUT2D eigenvalue weighted by atomic mass is 16.5. The smallest absolute Gasteiger partial charge is 0.224 e. The standard InChI is InChI=1S/C29H28N2O2/c1-22-7-5-8-24(17-22)21-31-29(32)19-23-13-15-26(16-14-23)30-20-25-9-6-12-28(18-25)33-27-10-3-2-4-11-27/h2-18,30H,19-21H2,1H3,(H,31,32). The number of nitrogens with one attached hydrogen (secondary N) is 2. The zero-order valence-electron chi connectivity index (χ0n) is 18.8. The lowest BCUT2D eigenvalue weighted by Crippen LogP contribution is -2.24. The molecule has 0 atom stereocenters. The summed E-state index contributed by atoms with van der Waals surface area (Å²) < 4.78 is 5.91. The van der Waals surface area contributed by atoms with Crippen molar-refractivity contribution in [3.63, 3.8) is 0 Å². The van der Waals surface area contributed by atoms with Crippen LogP contribution >= 0.6 is 0 Å². The fourth-order valence-electron chi connectivity index (χ4n) is 3.56. The summed E-state index contributed by atoms with van der Waals surface area (Å²) in [6.45, 7) is 3.28. The van der Waals surface area contributed by atoms with Crippen molar-refractivity contribution >= 4 is 11.6 Å². The maximum absolute atomic E-state index is 12.3. The molecule has 0 aliphatic heterocycles. The Hall–Kier alpha value is -4.05. The van der Waals surface area contributed by atoms with Crippen LogP contribution in [-0.4, -0.2) is 5.91 Å². The Morgan fingerprint density at radius 3 is 2.15 bits per heavy atom. The summed E-state index contributed by atoms with van der Waals surface area (Å²) in [5.41, 5.74) is 5.43. The molecule has 0 fully saturated rings. The molecule has 0 heterocycles. The molecule has 0 saturated heterocycles. The molecule has 4 nitrogen and oxygen atoms in total. The van der Waals surface area contributed by atoms with Gasteiger partial charge in [0.1, 0.15) is 11.5 Å². The van der Waals surface area contributed by atoms with Gasteiger partial charge in [0.25, 0.3) is 0 Å². The van der Waals surface area contributed by atoms with Gasteiger partial charge in [-0.15, -0.1) is 0 Å². The number of ether oxygens (including phenoxy) is 1. The van der Waals surface area contributed by atoms with Crippen molar-refractivity contribution in [2.24, 2.45) is 0 Å². The van der Waals surface area contributed by atoms with Gasteiger partial charge in [0.15, 0.2) is 0 Å². The minimum absolute atomic E-state index is 0.0208. The van der Waals surface area contributed by atoms with Crippen LogP contribution in [0, 0.1) is 6.92 Å². The Morgan fingerprint density at radius 1 is 0.697 bits per heavy atom. The number of hydrogen-bond acceptors (Lipinski definition) is 3. The van der Waals surface area contributed by atoms with E-state index in [1.807, 2.05) is 84.9 Å². The van der Waals surface area contributed by atoms with E-state index in [0.29, 0.717) is 19.5 Å². The molecule has 0 radical (unpaired) electrons. The molecule has 4 aromatic rings. The zero-order valence-corrected chi connectivity index (χ0v) is 18.8. The molecule has 0 aliphatic carbocycles. The number of carbonyl (C=O) groups is 1. The summed E-state index contributed by atoms with van der Waals surface area (Å²) >= 11 is 0. The summed E-state index contributed by atoms with van der Waals surface area (Å²) in [6.07, 6.45) is 0.366. The van der Waals surface area contributed by atoms with E-state index in [2.05, 4.69) is 35.8 Å². The molecule has 0 aliphatic rings. The van der Waals surface area contributed by atoms with Crippen molar-refractivity contribution in [2.45, 2.75) is 26.4 Å². The topological polar surface area (TPSA) is 50.4 Å². The molecular weight excluding hydrogens is 408 g/mol. The van der Waals surface area contributed by atoms with Crippen LogP contribution in [-0.2, 0) is 24.3 Å². The largest absolute Gasteiger partial charge is 0.457 e. The first-order chi connectivity index (χ1) is 16.1. The third-order valence-corrected chi connectivity index (χ3v) is 5.26. The van der Waals surface area contributed by atoms with Crippen LogP contribution in [0.2, 0.25) is 0 Å². The Bertz CT molecular complexity index is 1190. The first-order valence-electron chi connectivity index (χ1n) is 11.1. The van der Waals surface area contributed by atoms with E-state index in [4.69, 9.17) is 4.74 Å². The van der Waals surface area contributed by atoms with Crippen LogP contribution in [0.4, 0.5) is 5.69 Å². The lowest BCUT2D eigenvalue weighted by atomic mass is 10.1. The van der Waals surface area contributed by atoms with Crippen LogP contribution in [0.15, 0.2) is 103 Å². The van der Waals surface area contributed by atoms with Gasteiger partial charge < -0.3 is 15.4 Å². The molecule has 2 N–H and O–H groups in total. The molecule has 0 saturated carbocycles. The first kappa shape index (κ1) is 22.2. The monoisotopic (exact) mass is 436 g/mol. The normalized spacial score (nSPS) is 10.5. The molecule has 0 spiro atoms. The van der Waals surface area contributed by atoms with Gasteiger partial charge in [-0.05, 0) is 60.0 Å². The average molecular weight is 437 g/mol. The Kier molecular flexibility index (Phi) is 7.39. The highest BCUT2D eigenvalue weighted by molar-refractivity contribution is 5.78. The zero-order chi connectivity index (χ0) is 22.9. The third kappa shape index (κ3) is 6.97. The fraction of sp³-hybridized carbons (Fsp3) is 0.138. The van der Waals surface area contributed by atoms with E-state index in [9.17, 15) is 4.79 Å². The molecule has 166 valence electrons. The average Bonchev–Trinajstić information content (AvgIpc) is 2.83. The Labute approximate surface area is 195 Å². The molecule has 4 rings (SSSR count). The van der Waals surface area contributed by atoms with E-state index in [1.54, 1.807) is 0 Å². The summed E-state index contributed by atoms with van der Waals surface area (Å²) in [5.74, 6) is 1.65. The highest BCUT2D eigenvalue weighted by Gasteiger charge is 2.05. The van der Waals surface area contributed by atoms with Crippen LogP contribution in [0.25, 0.3) is 0 Å². The van der Waals surface area contributed by atoms with Gasteiger partial charge in [-0.1, -0.05) is 72.3 Å². The van der Waals surface area contributed by atoms with Gasteiger partial charge in [-0.3, -0.25) is 4.79 Å². The van der Waals surface area contributed by atoms with E-state index >= 15 is 0 Å². The lowest BCUT2D eigenvalue weighted by molar-refractivity contribution is -0.120. The predicted octanol–water partition coefficient (Wildman–Crippen LogP) is 6.26. The third-order valence-electron chi connectivity index (χ3n) is 5.26. The molecule has 0 unspecified atom stereocenters. The van der Waals surface area contributed by atoms with Crippen LogP contribution in [0.5, 0.6) is 11.5 Å². The van der Waals surface area contributed by atoms with Gasteiger partial charge in [-0.2, -0.15) is 0 Å². The quantitative estimate of drug-likeness (QED) is 0.326. The lowest BCUT2D eigenvalue weighted by Gasteiger charge is -2.10. The molecule has 4 aromatic carbocycles. The summed E-state index contributed by atoms with van der Waals surface area (Å²) in [4.78, 5) is 12.3. The van der Waals surface area contributed by atoms with E-state index in [0.717, 1.165) is 33.9 Å². The molecular formula is C29H28N2O2. The van der Waals surface area contributed by atoms with Gasteiger partial charge in [0.2, 0.25) is 5.91 Å². The fourth-order valence-corrected chi connectivity index (χ4v) is 3.56. The number of benzene rings is 4. The van der Waals surface area contributed by atoms with Crippen molar-refractivity contribution in [2.75, 3.05) is 5.32 Å². The minimum Gasteiger partial charge on any atom is -0.457 e. The van der Waals surface area contributed by atoms with Gasteiger partial charge >= 0.3 is 0 Å². The number of amides is 1. The van der Waals surface area contributed by atoms with Crippen molar-refractivity contribution in [1.29, 1.82) is 0 Å². The van der Waals surface area contributed by atoms with Crippen LogP contribution in [0.1, 0.15) is 22.3 Å². The molecule has 4 heteroatoms. The van der Waals surface area contributed by atoms with Crippen molar-refractivity contribution in [3.8, 4) is 11.5 Å². The van der Waals surface area contributed by atoms with Gasteiger partial charge in [0, 0.05) is 18.8 Å². The van der Waals surface area contributed by atoms with Crippen molar-refractivity contribution in [1.82, 2.24) is 5.32 Å². The van der Waals surface area contributed by atoms with Crippen LogP contribution in [0.3, 0.4) is 0 Å². The number of rotatable bonds is 9. The number of carbonyl (C=O) groups excluding carboxylic acids is 1. The SMILES string of the molecule is Cc1cccc(CNC(=O)Cc2ccc(NCc3cccc(Oc4ccccc4)c3)cc2)c1. The molecule has 1 amide bonds. The van der Waals surface area contributed by atoms with E-state index in [1.165, 1.54) is 5.56 Å². The van der Waals surface area contributed by atoms with E-state index in [-0.39, 0.29) is 5.91 Å². The van der Waals surface area contributed by atoms with Crippen molar-refractivity contribution in [3.05, 3.63) is 125 Å². The van der Waals surface area contributed by atoms with Crippen molar-refractivity contribution < 1.29 is 9.53 Å². The number of aryl methyl sites for hydroxylation is 1. The second kappa shape index (κ2) is 11.0. The Balaban J connectivity index is 1.25. The number of para-hydroxylation sites is 1. The van der Waals surface area contributed by atoms with Gasteiger partial charge in [-0.25, -0.2) is 0 Å². The second-order valence-electron chi connectivity index (χ2n) is 8.06. The molecule has 0 bridgehead atoms. The summed E-state index contributed by atoms with van der Waals surface area (Å²) in [7, 11) is 0. The minimum atomic E-state index is 0.0208. The maximum Gasteiger partial charge on any atom is 0.224 e. The number of anilines is 1. The molecule has 33 heavy (non-hydrogen) atoms. The second-order valence-corrected chi connectivity index (χ2v) is 8.06. The van der Waals surface area contributed by atoms with E-state index < -0.39 is 0 Å². The molecule has 0 aromatic heterocycles. The maximum atomic E-state index is 12.3. The number of hydrogen-bond donors (Lipinski definition) is 2. The Morgan fingerprint density at radius 2 is 1.39 bits per heavy atom. The predicted molar refractivity (Wildman–Crippen MR) is 133 cm³/mol. The summed E-state index contributed by atoms with van der Waals surface area (Å²) in [5, 5.41) is 6.42.